The summed E-state index contributed by atoms with van der Waals surface area (Å²) in [6.07, 6.45) is 25.4. The average Bonchev–Trinajstić information content (AvgIpc) is 3.16. The first-order valence-corrected chi connectivity index (χ1v) is 23.9. The molecular formula is C43H80O12S. The van der Waals surface area contributed by atoms with E-state index in [4.69, 9.17) is 18.9 Å². The Morgan fingerprint density at radius 1 is 0.589 bits per heavy atom. The molecular weight excluding hydrogens is 741 g/mol. The second-order valence-corrected chi connectivity index (χ2v) is 17.2. The van der Waals surface area contributed by atoms with E-state index in [9.17, 15) is 37.9 Å². The Balaban J connectivity index is 2.46. The lowest BCUT2D eigenvalue weighted by Crippen LogP contribution is -2.60. The van der Waals surface area contributed by atoms with Gasteiger partial charge in [-0.15, -0.1) is 0 Å². The smallest absolute Gasteiger partial charge is 0.306 e. The Morgan fingerprint density at radius 2 is 1.02 bits per heavy atom. The first-order chi connectivity index (χ1) is 27.0. The maximum atomic E-state index is 12.8. The van der Waals surface area contributed by atoms with E-state index in [2.05, 4.69) is 26.0 Å². The fourth-order valence-electron chi connectivity index (χ4n) is 6.85. The molecule has 13 heteroatoms. The number of hydrogen-bond donors (Lipinski definition) is 4. The standard InChI is InChI=1S/C43H80O12S/c1-3-5-7-9-11-13-15-17-18-20-22-24-26-28-30-32-39(45)54-36(34-53-43-42(48)41(47)40(46)37(55-43)35-56(49,50)51)33-52-38(44)31-29-27-25-23-21-19-16-14-12-10-8-6-4-2/h17-18,36-37,40-43,46-48H,3-16,19-35H2,1-2H3,(H,49,50,51)/b18-17-/t36?,37-,40-,41+,42-,43+/m1/s1. The quantitative estimate of drug-likeness (QED) is 0.0203. The summed E-state index contributed by atoms with van der Waals surface area (Å²) in [6, 6.07) is 0. The molecule has 0 saturated carbocycles. The van der Waals surface area contributed by atoms with Gasteiger partial charge in [0.2, 0.25) is 0 Å². The first-order valence-electron chi connectivity index (χ1n) is 22.2. The number of carbonyl (C=O) groups excluding carboxylic acids is 2. The summed E-state index contributed by atoms with van der Waals surface area (Å²) in [7, 11) is -4.60. The van der Waals surface area contributed by atoms with Crippen molar-refractivity contribution in [3.05, 3.63) is 12.2 Å². The van der Waals surface area contributed by atoms with Crippen LogP contribution in [0, 0.1) is 0 Å². The molecule has 12 nitrogen and oxygen atoms in total. The van der Waals surface area contributed by atoms with Crippen molar-refractivity contribution in [2.75, 3.05) is 19.0 Å². The highest BCUT2D eigenvalue weighted by molar-refractivity contribution is 7.85. The molecule has 1 aliphatic heterocycles. The number of allylic oxidation sites excluding steroid dienone is 2. The van der Waals surface area contributed by atoms with Crippen molar-refractivity contribution < 1.29 is 56.8 Å². The van der Waals surface area contributed by atoms with Crippen LogP contribution in [-0.2, 0) is 38.7 Å². The molecule has 0 spiro atoms. The molecule has 1 saturated heterocycles. The van der Waals surface area contributed by atoms with Gasteiger partial charge >= 0.3 is 11.9 Å². The largest absolute Gasteiger partial charge is 0.462 e. The third-order valence-electron chi connectivity index (χ3n) is 10.3. The lowest BCUT2D eigenvalue weighted by atomic mass is 10.00. The number of rotatable bonds is 37. The summed E-state index contributed by atoms with van der Waals surface area (Å²) in [5.74, 6) is -1.98. The van der Waals surface area contributed by atoms with Gasteiger partial charge in [-0.3, -0.25) is 14.1 Å². The van der Waals surface area contributed by atoms with Crippen LogP contribution in [0.25, 0.3) is 0 Å². The van der Waals surface area contributed by atoms with E-state index in [0.29, 0.717) is 12.8 Å². The van der Waals surface area contributed by atoms with E-state index in [1.165, 1.54) is 96.3 Å². The van der Waals surface area contributed by atoms with Crippen molar-refractivity contribution in [3.63, 3.8) is 0 Å². The SMILES string of the molecule is CCCCCCCC/C=C\CCCCCCCC(=O)OC(COC(=O)CCCCCCCCCCCCCCC)CO[C@H]1O[C@H](CS(=O)(=O)O)[C@@H](O)[C@H](O)[C@H]1O. The molecule has 0 bridgehead atoms. The molecule has 1 heterocycles. The number of esters is 2. The van der Waals surface area contributed by atoms with Crippen LogP contribution in [0.3, 0.4) is 0 Å². The average molecular weight is 821 g/mol. The van der Waals surface area contributed by atoms with Gasteiger partial charge in [0.25, 0.3) is 10.1 Å². The minimum absolute atomic E-state index is 0.158. The number of ether oxygens (including phenoxy) is 4. The Morgan fingerprint density at radius 3 is 1.48 bits per heavy atom. The van der Waals surface area contributed by atoms with E-state index < -0.39 is 71.2 Å². The molecule has 0 aromatic carbocycles. The number of aliphatic hydroxyl groups is 3. The van der Waals surface area contributed by atoms with Gasteiger partial charge in [-0.25, -0.2) is 0 Å². The van der Waals surface area contributed by atoms with Crippen molar-refractivity contribution in [3.8, 4) is 0 Å². The number of carbonyl (C=O) groups is 2. The number of aliphatic hydroxyl groups excluding tert-OH is 3. The van der Waals surface area contributed by atoms with E-state index >= 15 is 0 Å². The Bertz CT molecular complexity index is 1100. The zero-order valence-corrected chi connectivity index (χ0v) is 35.8. The Labute approximate surface area is 339 Å². The van der Waals surface area contributed by atoms with E-state index in [1.54, 1.807) is 0 Å². The molecule has 1 aliphatic rings. The minimum atomic E-state index is -4.60. The van der Waals surface area contributed by atoms with Crippen molar-refractivity contribution in [2.45, 2.75) is 230 Å². The van der Waals surface area contributed by atoms with Crippen LogP contribution in [-0.4, -0.2) is 96.0 Å². The fourth-order valence-corrected chi connectivity index (χ4v) is 7.54. The van der Waals surface area contributed by atoms with Gasteiger partial charge in [0.05, 0.1) is 6.61 Å². The van der Waals surface area contributed by atoms with E-state index in [-0.39, 0.29) is 19.4 Å². The molecule has 0 aliphatic carbocycles. The summed E-state index contributed by atoms with van der Waals surface area (Å²) >= 11 is 0. The van der Waals surface area contributed by atoms with Crippen molar-refractivity contribution >= 4 is 22.1 Å². The third kappa shape index (κ3) is 28.7. The van der Waals surface area contributed by atoms with Crippen molar-refractivity contribution in [1.29, 1.82) is 0 Å². The van der Waals surface area contributed by atoms with Gasteiger partial charge in [-0.05, 0) is 38.5 Å². The molecule has 56 heavy (non-hydrogen) atoms. The monoisotopic (exact) mass is 821 g/mol. The lowest BCUT2D eigenvalue weighted by molar-refractivity contribution is -0.297. The molecule has 4 N–H and O–H groups in total. The molecule has 0 amide bonds. The molecule has 1 fully saturated rings. The van der Waals surface area contributed by atoms with Crippen LogP contribution in [0.15, 0.2) is 12.2 Å². The first kappa shape index (κ1) is 52.4. The molecule has 0 aromatic heterocycles. The van der Waals surface area contributed by atoms with Gasteiger partial charge in [-0.1, -0.05) is 154 Å². The summed E-state index contributed by atoms with van der Waals surface area (Å²) in [5.41, 5.74) is 0. The lowest BCUT2D eigenvalue weighted by Gasteiger charge is -2.40. The predicted octanol–water partition coefficient (Wildman–Crippen LogP) is 8.67. The third-order valence-corrected chi connectivity index (χ3v) is 11.1. The second-order valence-electron chi connectivity index (χ2n) is 15.7. The summed E-state index contributed by atoms with van der Waals surface area (Å²) in [5, 5.41) is 30.8. The van der Waals surface area contributed by atoms with Gasteiger partial charge < -0.3 is 34.3 Å². The van der Waals surface area contributed by atoms with Crippen molar-refractivity contribution in [1.82, 2.24) is 0 Å². The van der Waals surface area contributed by atoms with Crippen molar-refractivity contribution in [2.24, 2.45) is 0 Å². The van der Waals surface area contributed by atoms with E-state index in [0.717, 1.165) is 57.8 Å². The van der Waals surface area contributed by atoms with Gasteiger partial charge in [-0.2, -0.15) is 8.42 Å². The maximum Gasteiger partial charge on any atom is 0.306 e. The number of unbranched alkanes of at least 4 members (excludes halogenated alkanes) is 23. The highest BCUT2D eigenvalue weighted by Gasteiger charge is 2.46. The van der Waals surface area contributed by atoms with Crippen LogP contribution in [0.2, 0.25) is 0 Å². The molecule has 1 rings (SSSR count). The molecule has 6 atom stereocenters. The zero-order chi connectivity index (χ0) is 41.3. The predicted molar refractivity (Wildman–Crippen MR) is 220 cm³/mol. The Kier molecular flexibility index (Phi) is 32.1. The van der Waals surface area contributed by atoms with Crippen LogP contribution in [0.4, 0.5) is 0 Å². The normalized spacial score (nSPS) is 20.7. The van der Waals surface area contributed by atoms with Crippen LogP contribution in [0.1, 0.15) is 194 Å². The summed E-state index contributed by atoms with van der Waals surface area (Å²) in [6.45, 7) is 3.75. The second kappa shape index (κ2) is 34.3. The molecule has 0 radical (unpaired) electrons. The number of hydrogen-bond acceptors (Lipinski definition) is 11. The molecule has 330 valence electrons. The van der Waals surface area contributed by atoms with E-state index in [1.807, 2.05) is 0 Å². The van der Waals surface area contributed by atoms with Gasteiger partial charge in [0, 0.05) is 12.8 Å². The van der Waals surface area contributed by atoms with Crippen LogP contribution < -0.4 is 0 Å². The van der Waals surface area contributed by atoms with Crippen LogP contribution in [0.5, 0.6) is 0 Å². The Hall–Kier alpha value is -1.61. The maximum absolute atomic E-state index is 12.8. The van der Waals surface area contributed by atoms with Crippen LogP contribution >= 0.6 is 0 Å². The zero-order valence-electron chi connectivity index (χ0n) is 35.0. The fraction of sp³-hybridized carbons (Fsp3) is 0.907. The topological polar surface area (TPSA) is 186 Å². The minimum Gasteiger partial charge on any atom is -0.462 e. The summed E-state index contributed by atoms with van der Waals surface area (Å²) in [4.78, 5) is 25.3. The highest BCUT2D eigenvalue weighted by atomic mass is 32.2. The highest BCUT2D eigenvalue weighted by Crippen LogP contribution is 2.24. The summed E-state index contributed by atoms with van der Waals surface area (Å²) < 4.78 is 54.0. The molecule has 1 unspecified atom stereocenters. The van der Waals surface area contributed by atoms with Gasteiger partial charge in [0.15, 0.2) is 12.4 Å². The van der Waals surface area contributed by atoms with Gasteiger partial charge in [0.1, 0.15) is 36.8 Å². The molecule has 0 aromatic rings.